The highest BCUT2D eigenvalue weighted by molar-refractivity contribution is 5.90. The zero-order valence-corrected chi connectivity index (χ0v) is 14.4. The van der Waals surface area contributed by atoms with Crippen molar-refractivity contribution in [3.8, 4) is 0 Å². The summed E-state index contributed by atoms with van der Waals surface area (Å²) in [7, 11) is 0. The predicted molar refractivity (Wildman–Crippen MR) is 88.0 cm³/mol. The molecule has 1 nitrogen and oxygen atoms in total. The normalized spacial score (nSPS) is 40.0. The quantitative estimate of drug-likeness (QED) is 0.585. The molecule has 0 saturated heterocycles. The smallest absolute Gasteiger partial charge is 0.143 e. The van der Waals surface area contributed by atoms with E-state index in [1.165, 1.54) is 24.0 Å². The third-order valence-electron chi connectivity index (χ3n) is 6.87. The van der Waals surface area contributed by atoms with Gasteiger partial charge < -0.3 is 0 Å². The van der Waals surface area contributed by atoms with Gasteiger partial charge in [0, 0.05) is 11.8 Å². The second kappa shape index (κ2) is 4.83. The van der Waals surface area contributed by atoms with Crippen molar-refractivity contribution in [2.75, 3.05) is 0 Å². The zero-order valence-electron chi connectivity index (χ0n) is 14.4. The van der Waals surface area contributed by atoms with Crippen LogP contribution in [0.15, 0.2) is 22.8 Å². The van der Waals surface area contributed by atoms with Crippen molar-refractivity contribution in [2.24, 2.45) is 22.7 Å². The van der Waals surface area contributed by atoms with Crippen molar-refractivity contribution in [3.63, 3.8) is 0 Å². The summed E-state index contributed by atoms with van der Waals surface area (Å²) >= 11 is 0. The van der Waals surface area contributed by atoms with Crippen LogP contribution in [0, 0.1) is 22.7 Å². The van der Waals surface area contributed by atoms with Crippen LogP contribution in [0.25, 0.3) is 0 Å². The molecule has 0 unspecified atom stereocenters. The third-order valence-corrected chi connectivity index (χ3v) is 6.87. The van der Waals surface area contributed by atoms with Crippen molar-refractivity contribution in [3.05, 3.63) is 22.8 Å². The fourth-order valence-corrected chi connectivity index (χ4v) is 5.42. The van der Waals surface area contributed by atoms with E-state index in [9.17, 15) is 4.79 Å². The number of ketones is 1. The minimum atomic E-state index is -0.172. The van der Waals surface area contributed by atoms with Gasteiger partial charge in [-0.1, -0.05) is 43.6 Å². The fourth-order valence-electron chi connectivity index (χ4n) is 5.42. The second-order valence-electron chi connectivity index (χ2n) is 8.45. The Balaban J connectivity index is 2.14. The Hall–Kier alpha value is -0.850. The van der Waals surface area contributed by atoms with E-state index in [-0.39, 0.29) is 10.8 Å². The molecule has 0 N–H and O–H groups in total. The van der Waals surface area contributed by atoms with Gasteiger partial charge in [-0.25, -0.2) is 0 Å². The van der Waals surface area contributed by atoms with Crippen molar-refractivity contribution in [1.82, 2.24) is 0 Å². The van der Waals surface area contributed by atoms with Crippen LogP contribution in [-0.4, -0.2) is 5.78 Å². The van der Waals surface area contributed by atoms with Crippen LogP contribution in [0.1, 0.15) is 73.1 Å². The highest BCUT2D eigenvalue weighted by Crippen LogP contribution is 2.61. The molecule has 0 aliphatic heterocycles. The van der Waals surface area contributed by atoms with Crippen molar-refractivity contribution >= 4 is 5.78 Å². The first kappa shape index (κ1) is 15.1. The van der Waals surface area contributed by atoms with Crippen LogP contribution in [0.4, 0.5) is 0 Å². The lowest BCUT2D eigenvalue weighted by atomic mass is 9.57. The Kier molecular flexibility index (Phi) is 3.46. The summed E-state index contributed by atoms with van der Waals surface area (Å²) in [5.74, 6) is 1.87. The number of allylic oxidation sites excluding steroid dienone is 4. The first-order chi connectivity index (χ1) is 9.79. The van der Waals surface area contributed by atoms with Gasteiger partial charge in [0.1, 0.15) is 5.78 Å². The summed E-state index contributed by atoms with van der Waals surface area (Å²) in [6, 6.07) is 0. The fraction of sp³-hybridized carbons (Fsp3) is 0.750. The molecule has 116 valence electrons. The Bertz CT molecular complexity index is 536. The molecule has 0 aromatic carbocycles. The third kappa shape index (κ3) is 2.07. The van der Waals surface area contributed by atoms with Crippen molar-refractivity contribution in [1.29, 1.82) is 0 Å². The van der Waals surface area contributed by atoms with Crippen molar-refractivity contribution in [2.45, 2.75) is 73.1 Å². The van der Waals surface area contributed by atoms with Gasteiger partial charge in [-0.15, -0.1) is 0 Å². The molecule has 0 amide bonds. The number of hydrogen-bond donors (Lipinski definition) is 0. The molecule has 3 aliphatic rings. The molecule has 3 aliphatic carbocycles. The van der Waals surface area contributed by atoms with E-state index in [0.717, 1.165) is 25.7 Å². The number of hydrogen-bond acceptors (Lipinski definition) is 1. The Morgan fingerprint density at radius 2 is 1.90 bits per heavy atom. The van der Waals surface area contributed by atoms with E-state index < -0.39 is 0 Å². The average Bonchev–Trinajstić information content (AvgIpc) is 2.65. The first-order valence-electron chi connectivity index (χ1n) is 8.71. The van der Waals surface area contributed by atoms with Crippen LogP contribution in [0.3, 0.4) is 0 Å². The van der Waals surface area contributed by atoms with Crippen LogP contribution < -0.4 is 0 Å². The molecule has 0 bridgehead atoms. The number of rotatable bonds is 1. The van der Waals surface area contributed by atoms with Gasteiger partial charge in [0.25, 0.3) is 0 Å². The predicted octanol–water partition coefficient (Wildman–Crippen LogP) is 5.46. The molecule has 0 heterocycles. The lowest BCUT2D eigenvalue weighted by molar-refractivity contribution is -0.130. The minimum absolute atomic E-state index is 0.145. The van der Waals surface area contributed by atoms with Gasteiger partial charge in [0.05, 0.1) is 0 Å². The van der Waals surface area contributed by atoms with Gasteiger partial charge in [0.2, 0.25) is 0 Å². The maximum absolute atomic E-state index is 13.1. The molecular weight excluding hydrogens is 256 g/mol. The summed E-state index contributed by atoms with van der Waals surface area (Å²) in [4.78, 5) is 13.1. The summed E-state index contributed by atoms with van der Waals surface area (Å²) in [6.45, 7) is 11.5. The second-order valence-corrected chi connectivity index (χ2v) is 8.45. The Morgan fingerprint density at radius 3 is 2.57 bits per heavy atom. The molecule has 1 saturated carbocycles. The zero-order chi connectivity index (χ0) is 15.4. The molecular formula is C20H30O. The van der Waals surface area contributed by atoms with E-state index in [1.807, 2.05) is 0 Å². The van der Waals surface area contributed by atoms with E-state index >= 15 is 0 Å². The van der Waals surface area contributed by atoms with Crippen LogP contribution in [0.5, 0.6) is 0 Å². The largest absolute Gasteiger partial charge is 0.299 e. The molecule has 21 heavy (non-hydrogen) atoms. The monoisotopic (exact) mass is 286 g/mol. The lowest BCUT2D eigenvalue weighted by Crippen LogP contribution is -2.43. The highest BCUT2D eigenvalue weighted by Gasteiger charge is 2.54. The minimum Gasteiger partial charge on any atom is -0.299 e. The molecule has 3 rings (SSSR count). The maximum Gasteiger partial charge on any atom is 0.143 e. The Morgan fingerprint density at radius 1 is 1.19 bits per heavy atom. The molecule has 3 atom stereocenters. The van der Waals surface area contributed by atoms with Crippen LogP contribution in [0.2, 0.25) is 0 Å². The number of carbonyl (C=O) groups excluding carboxylic acids is 1. The maximum atomic E-state index is 13.1. The van der Waals surface area contributed by atoms with E-state index in [1.54, 1.807) is 5.57 Å². The van der Waals surface area contributed by atoms with Gasteiger partial charge in [0.15, 0.2) is 0 Å². The standard InChI is InChI=1S/C20H30O/c1-13(2)15-8-9-17-16-7-6-14(3)10-11-19(16,4)18(21)12-20(15,17)5/h6,13,15H,7-12H2,1-5H3/t15-,19+,20-/m1/s1. The number of carbonyl (C=O) groups is 1. The molecule has 0 aromatic heterocycles. The molecule has 0 radical (unpaired) electrons. The first-order valence-corrected chi connectivity index (χ1v) is 8.71. The SMILES string of the molecule is CC1=CCC2=C3CC[C@H](C(C)C)[C@@]3(C)CC(=O)[C@@]2(C)CC1. The summed E-state index contributed by atoms with van der Waals surface area (Å²) in [5.41, 5.74) is 4.60. The number of fused-ring (bicyclic) bond motifs is 2. The summed E-state index contributed by atoms with van der Waals surface area (Å²) < 4.78 is 0. The average molecular weight is 286 g/mol. The summed E-state index contributed by atoms with van der Waals surface area (Å²) in [5, 5.41) is 0. The van der Waals surface area contributed by atoms with E-state index in [2.05, 4.69) is 40.7 Å². The molecule has 1 heteroatoms. The number of Topliss-reactive ketones (excluding diaryl/α,β-unsaturated/α-hetero) is 1. The van der Waals surface area contributed by atoms with E-state index in [0.29, 0.717) is 17.6 Å². The van der Waals surface area contributed by atoms with Gasteiger partial charge in [-0.3, -0.25) is 4.79 Å². The molecule has 0 aromatic rings. The molecule has 0 spiro atoms. The topological polar surface area (TPSA) is 17.1 Å². The van der Waals surface area contributed by atoms with Gasteiger partial charge >= 0.3 is 0 Å². The van der Waals surface area contributed by atoms with Crippen LogP contribution >= 0.6 is 0 Å². The highest BCUT2D eigenvalue weighted by atomic mass is 16.1. The van der Waals surface area contributed by atoms with Crippen molar-refractivity contribution < 1.29 is 4.79 Å². The van der Waals surface area contributed by atoms with Gasteiger partial charge in [-0.05, 0) is 63.2 Å². The Labute approximate surface area is 129 Å². The van der Waals surface area contributed by atoms with E-state index in [4.69, 9.17) is 0 Å². The lowest BCUT2D eigenvalue weighted by Gasteiger charge is -2.46. The van der Waals surface area contributed by atoms with Gasteiger partial charge in [-0.2, -0.15) is 0 Å². The van der Waals surface area contributed by atoms with Crippen LogP contribution in [-0.2, 0) is 4.79 Å². The summed E-state index contributed by atoms with van der Waals surface area (Å²) in [6.07, 6.45) is 8.80. The molecule has 1 fully saturated rings.